The van der Waals surface area contributed by atoms with Crippen LogP contribution in [0.1, 0.15) is 27.7 Å². The van der Waals surface area contributed by atoms with Crippen molar-refractivity contribution in [1.82, 2.24) is 25.1 Å². The van der Waals surface area contributed by atoms with Gasteiger partial charge in [-0.05, 0) is 17.7 Å². The van der Waals surface area contributed by atoms with Gasteiger partial charge in [0.1, 0.15) is 29.4 Å². The highest BCUT2D eigenvalue weighted by molar-refractivity contribution is 6.05. The van der Waals surface area contributed by atoms with Crippen LogP contribution in [-0.2, 0) is 6.42 Å². The summed E-state index contributed by atoms with van der Waals surface area (Å²) in [6.45, 7) is 0. The summed E-state index contributed by atoms with van der Waals surface area (Å²) in [7, 11) is 0. The third-order valence-corrected chi connectivity index (χ3v) is 3.11. The highest BCUT2D eigenvalue weighted by Gasteiger charge is 2.11. The Labute approximate surface area is 147 Å². The number of aliphatic hydroxyl groups is 1. The van der Waals surface area contributed by atoms with Crippen molar-refractivity contribution >= 4 is 23.9 Å². The largest absolute Gasteiger partial charge is 0.506 e. The number of aromatic amines is 2. The molecule has 0 aliphatic heterocycles. The highest BCUT2D eigenvalue weighted by Crippen LogP contribution is 2.13. The van der Waals surface area contributed by atoms with E-state index in [-0.39, 0.29) is 35.3 Å². The van der Waals surface area contributed by atoms with Crippen LogP contribution >= 0.6 is 12.4 Å². The Morgan fingerprint density at radius 2 is 1.96 bits per heavy atom. The average molecular weight is 368 g/mol. The van der Waals surface area contributed by atoms with Gasteiger partial charge in [-0.1, -0.05) is 12.1 Å². The molecular weight excluding hydrogens is 353 g/mol. The minimum absolute atomic E-state index is 0. The normalized spacial score (nSPS) is 10.7. The molecule has 132 valence electrons. The highest BCUT2D eigenvalue weighted by atomic mass is 35.5. The first-order valence-corrected chi connectivity index (χ1v) is 6.71. The van der Waals surface area contributed by atoms with Crippen molar-refractivity contribution in [2.45, 2.75) is 6.42 Å². The first-order chi connectivity index (χ1) is 11.1. The summed E-state index contributed by atoms with van der Waals surface area (Å²) in [5.74, 6) is -0.458. The molecule has 1 aromatic carbocycles. The number of nitrogens with zero attached hydrogens (tertiary/aromatic N) is 3. The fourth-order valence-corrected chi connectivity index (χ4v) is 1.97. The zero-order valence-electron chi connectivity index (χ0n) is 12.7. The molecule has 3 aromatic rings. The van der Waals surface area contributed by atoms with Crippen LogP contribution in [0.3, 0.4) is 0 Å². The van der Waals surface area contributed by atoms with Crippen LogP contribution in [-0.4, -0.2) is 41.5 Å². The van der Waals surface area contributed by atoms with Gasteiger partial charge in [-0.3, -0.25) is 9.89 Å². The van der Waals surface area contributed by atoms with Gasteiger partial charge in [0, 0.05) is 12.5 Å². The lowest BCUT2D eigenvalue weighted by molar-refractivity contribution is 0.103. The molecule has 0 aliphatic rings. The van der Waals surface area contributed by atoms with Crippen molar-refractivity contribution < 1.29 is 19.8 Å². The summed E-state index contributed by atoms with van der Waals surface area (Å²) in [5.41, 5.74) is 1.17. The van der Waals surface area contributed by atoms with E-state index in [0.717, 1.165) is 11.6 Å². The Morgan fingerprint density at radius 3 is 2.60 bits per heavy atom. The first kappa shape index (κ1) is 20.0. The number of halogens is 2. The predicted octanol–water partition coefficient (Wildman–Crippen LogP) is 1.64. The van der Waals surface area contributed by atoms with Gasteiger partial charge in [-0.15, -0.1) is 12.4 Å². The number of nitrogens with one attached hydrogen (secondary N) is 2. The summed E-state index contributed by atoms with van der Waals surface area (Å²) in [6, 6.07) is 6.04. The van der Waals surface area contributed by atoms with Crippen LogP contribution in [0.2, 0.25) is 0 Å². The molecule has 0 fully saturated rings. The molecule has 3 rings (SSSR count). The second-order valence-electron chi connectivity index (χ2n) is 4.77. The molecule has 0 aliphatic carbocycles. The molecule has 0 amide bonds. The van der Waals surface area contributed by atoms with Gasteiger partial charge in [0.2, 0.25) is 5.78 Å². The van der Waals surface area contributed by atoms with Crippen molar-refractivity contribution in [2.24, 2.45) is 0 Å². The van der Waals surface area contributed by atoms with Gasteiger partial charge in [0.05, 0.1) is 6.20 Å². The maximum atomic E-state index is 12.9. The van der Waals surface area contributed by atoms with E-state index < -0.39 is 5.78 Å². The zero-order valence-corrected chi connectivity index (χ0v) is 13.5. The monoisotopic (exact) mass is 367 g/mol. The lowest BCUT2D eigenvalue weighted by atomic mass is 10.1. The average Bonchev–Trinajstić information content (AvgIpc) is 3.21. The third-order valence-electron chi connectivity index (χ3n) is 3.11. The Kier molecular flexibility index (Phi) is 6.97. The predicted molar refractivity (Wildman–Crippen MR) is 90.0 cm³/mol. The molecule has 0 unspecified atom stereocenters. The standard InChI is InChI=1S/C15H12FN5O2.ClH.H2O/c16-10-3-1-9(2-4-10)5-14-17-7-11(20-14)12(22)6-13(23)15-18-8-19-21-15;;/h1-4,6-8,22H,5H2,(H,17,20)(H,18,19,21);1H;1H2. The number of ketones is 1. The number of hydrogen-bond acceptors (Lipinski definition) is 5. The Bertz CT molecular complexity index is 846. The van der Waals surface area contributed by atoms with E-state index in [0.29, 0.717) is 17.9 Å². The molecule has 0 bridgehead atoms. The van der Waals surface area contributed by atoms with E-state index in [1.165, 1.54) is 24.7 Å². The maximum Gasteiger partial charge on any atom is 0.226 e. The van der Waals surface area contributed by atoms with Gasteiger partial charge in [-0.25, -0.2) is 14.4 Å². The Balaban J connectivity index is 0.00000156. The second kappa shape index (κ2) is 8.71. The summed E-state index contributed by atoms with van der Waals surface area (Å²) >= 11 is 0. The quantitative estimate of drug-likeness (QED) is 0.357. The van der Waals surface area contributed by atoms with Crippen LogP contribution in [0, 0.1) is 5.82 Å². The fourth-order valence-electron chi connectivity index (χ4n) is 1.97. The van der Waals surface area contributed by atoms with Gasteiger partial charge in [0.15, 0.2) is 5.82 Å². The summed E-state index contributed by atoms with van der Waals surface area (Å²) < 4.78 is 12.9. The minimum atomic E-state index is -0.505. The first-order valence-electron chi connectivity index (χ1n) is 6.71. The van der Waals surface area contributed by atoms with E-state index in [9.17, 15) is 14.3 Å². The summed E-state index contributed by atoms with van der Waals surface area (Å²) in [4.78, 5) is 22.5. The number of benzene rings is 1. The minimum Gasteiger partial charge on any atom is -0.506 e. The molecule has 2 heterocycles. The topological polar surface area (TPSA) is 139 Å². The third kappa shape index (κ3) is 4.96. The number of rotatable bonds is 5. The number of carbonyl (C=O) groups is 1. The lowest BCUT2D eigenvalue weighted by Crippen LogP contribution is -1.99. The van der Waals surface area contributed by atoms with Crippen LogP contribution in [0.4, 0.5) is 4.39 Å². The SMILES string of the molecule is Cl.O.O=C(C=C(O)c1cnc(Cc2ccc(F)cc2)[nH]1)c1ncn[nH]1. The number of carbonyl (C=O) groups excluding carboxylic acids is 1. The van der Waals surface area contributed by atoms with Crippen LogP contribution in [0.15, 0.2) is 42.9 Å². The van der Waals surface area contributed by atoms with E-state index >= 15 is 0 Å². The molecular formula is C15H15ClFN5O3. The van der Waals surface area contributed by atoms with Crippen molar-refractivity contribution in [3.8, 4) is 0 Å². The molecule has 10 heteroatoms. The van der Waals surface area contributed by atoms with E-state index in [2.05, 4.69) is 25.1 Å². The lowest BCUT2D eigenvalue weighted by Gasteiger charge is -1.98. The van der Waals surface area contributed by atoms with Gasteiger partial charge >= 0.3 is 0 Å². The maximum absolute atomic E-state index is 12.9. The second-order valence-corrected chi connectivity index (χ2v) is 4.77. The molecule has 0 spiro atoms. The Morgan fingerprint density at radius 1 is 1.24 bits per heavy atom. The van der Waals surface area contributed by atoms with Gasteiger partial charge in [-0.2, -0.15) is 5.10 Å². The molecule has 0 radical (unpaired) electrons. The Hall–Kier alpha value is -3.04. The van der Waals surface area contributed by atoms with E-state index in [1.807, 2.05) is 0 Å². The molecule has 0 atom stereocenters. The van der Waals surface area contributed by atoms with Gasteiger partial charge in [0.25, 0.3) is 0 Å². The van der Waals surface area contributed by atoms with Crippen LogP contribution in [0.5, 0.6) is 0 Å². The molecule has 5 N–H and O–H groups in total. The molecule has 0 saturated carbocycles. The van der Waals surface area contributed by atoms with Crippen molar-refractivity contribution in [1.29, 1.82) is 0 Å². The smallest absolute Gasteiger partial charge is 0.226 e. The van der Waals surface area contributed by atoms with Crippen LogP contribution < -0.4 is 0 Å². The number of aliphatic hydroxyl groups excluding tert-OH is 1. The number of imidazole rings is 1. The molecule has 2 aromatic heterocycles. The molecule has 8 nitrogen and oxygen atoms in total. The zero-order chi connectivity index (χ0) is 16.2. The fraction of sp³-hybridized carbons (Fsp3) is 0.0667. The van der Waals surface area contributed by atoms with Crippen molar-refractivity contribution in [3.63, 3.8) is 0 Å². The molecule has 0 saturated heterocycles. The van der Waals surface area contributed by atoms with E-state index in [4.69, 9.17) is 0 Å². The van der Waals surface area contributed by atoms with E-state index in [1.54, 1.807) is 12.1 Å². The summed E-state index contributed by atoms with van der Waals surface area (Å²) in [5, 5.41) is 15.9. The number of H-pyrrole nitrogens is 2. The van der Waals surface area contributed by atoms with Crippen molar-refractivity contribution in [3.05, 3.63) is 71.6 Å². The number of aromatic nitrogens is 5. The number of hydrogen-bond donors (Lipinski definition) is 3. The number of allylic oxidation sites excluding steroid dienone is 1. The summed E-state index contributed by atoms with van der Waals surface area (Å²) in [6.07, 6.45) is 4.09. The van der Waals surface area contributed by atoms with Gasteiger partial charge < -0.3 is 15.6 Å². The van der Waals surface area contributed by atoms with Crippen LogP contribution in [0.25, 0.3) is 5.76 Å². The molecule has 25 heavy (non-hydrogen) atoms. The van der Waals surface area contributed by atoms with Crippen molar-refractivity contribution in [2.75, 3.05) is 0 Å².